The number of hydrogen-bond acceptors (Lipinski definition) is 6. The second-order valence-electron chi connectivity index (χ2n) is 5.45. The third-order valence-corrected chi connectivity index (χ3v) is 3.88. The maximum Gasteiger partial charge on any atom is 0.315 e. The second-order valence-corrected chi connectivity index (χ2v) is 5.45. The Kier molecular flexibility index (Phi) is 5.53. The third kappa shape index (κ3) is 3.68. The van der Waals surface area contributed by atoms with Gasteiger partial charge in [0.05, 0.1) is 14.2 Å². The first kappa shape index (κ1) is 18.2. The van der Waals surface area contributed by atoms with E-state index in [1.807, 2.05) is 0 Å². The van der Waals surface area contributed by atoms with E-state index in [0.29, 0.717) is 5.56 Å². The molecule has 0 aliphatic rings. The van der Waals surface area contributed by atoms with Gasteiger partial charge in [-0.05, 0) is 12.5 Å². The van der Waals surface area contributed by atoms with Gasteiger partial charge < -0.3 is 19.9 Å². The van der Waals surface area contributed by atoms with Crippen molar-refractivity contribution in [2.24, 2.45) is 0 Å². The number of nitrogens with one attached hydrogen (secondary N) is 1. The molecule has 0 saturated carbocycles. The highest BCUT2D eigenvalue weighted by atomic mass is 16.5. The molecular formula is C17H19N3O5. The van der Waals surface area contributed by atoms with Gasteiger partial charge in [0, 0.05) is 6.54 Å². The summed E-state index contributed by atoms with van der Waals surface area (Å²) in [7, 11) is 2.73. The summed E-state index contributed by atoms with van der Waals surface area (Å²) in [6.07, 6.45) is 1.21. The van der Waals surface area contributed by atoms with Gasteiger partial charge in [-0.1, -0.05) is 30.3 Å². The molecule has 0 spiro atoms. The van der Waals surface area contributed by atoms with E-state index in [-0.39, 0.29) is 23.9 Å². The summed E-state index contributed by atoms with van der Waals surface area (Å²) in [6.45, 7) is 1.41. The zero-order valence-electron chi connectivity index (χ0n) is 14.1. The highest BCUT2D eigenvalue weighted by Crippen LogP contribution is 2.26. The SMILES string of the molecule is COc1ncnc(OC)c1C(=O)NCC(C)(C(=O)O)c1ccccc1. The van der Waals surface area contributed by atoms with Crippen molar-refractivity contribution in [3.63, 3.8) is 0 Å². The lowest BCUT2D eigenvalue weighted by Gasteiger charge is -2.25. The molecule has 1 aromatic carbocycles. The number of nitrogens with zero attached hydrogens (tertiary/aromatic N) is 2. The Hall–Kier alpha value is -3.16. The van der Waals surface area contributed by atoms with Crippen molar-refractivity contribution in [3.8, 4) is 11.8 Å². The van der Waals surface area contributed by atoms with Gasteiger partial charge in [0.1, 0.15) is 11.7 Å². The summed E-state index contributed by atoms with van der Waals surface area (Å²) < 4.78 is 10.1. The third-order valence-electron chi connectivity index (χ3n) is 3.88. The van der Waals surface area contributed by atoms with Crippen molar-refractivity contribution in [3.05, 3.63) is 47.8 Å². The topological polar surface area (TPSA) is 111 Å². The number of methoxy groups -OCH3 is 2. The second kappa shape index (κ2) is 7.61. The van der Waals surface area contributed by atoms with E-state index in [2.05, 4.69) is 15.3 Å². The van der Waals surface area contributed by atoms with E-state index in [0.717, 1.165) is 0 Å². The summed E-state index contributed by atoms with van der Waals surface area (Å²) >= 11 is 0. The summed E-state index contributed by atoms with van der Waals surface area (Å²) in [6, 6.07) is 8.69. The van der Waals surface area contributed by atoms with E-state index >= 15 is 0 Å². The van der Waals surface area contributed by atoms with Crippen molar-refractivity contribution < 1.29 is 24.2 Å². The lowest BCUT2D eigenvalue weighted by Crippen LogP contribution is -2.44. The first-order valence-corrected chi connectivity index (χ1v) is 7.44. The number of carbonyl (C=O) groups is 2. The highest BCUT2D eigenvalue weighted by molar-refractivity contribution is 5.99. The summed E-state index contributed by atoms with van der Waals surface area (Å²) in [5, 5.41) is 12.3. The lowest BCUT2D eigenvalue weighted by molar-refractivity contribution is -0.142. The van der Waals surface area contributed by atoms with Gasteiger partial charge in [-0.3, -0.25) is 9.59 Å². The molecule has 0 aliphatic carbocycles. The first-order valence-electron chi connectivity index (χ1n) is 7.44. The van der Waals surface area contributed by atoms with Crippen LogP contribution in [0.3, 0.4) is 0 Å². The normalized spacial score (nSPS) is 12.8. The number of benzene rings is 1. The van der Waals surface area contributed by atoms with Crippen LogP contribution in [-0.2, 0) is 10.2 Å². The molecule has 0 radical (unpaired) electrons. The minimum atomic E-state index is -1.30. The molecule has 0 bridgehead atoms. The van der Waals surface area contributed by atoms with Gasteiger partial charge in [-0.15, -0.1) is 0 Å². The summed E-state index contributed by atoms with van der Waals surface area (Å²) in [5.41, 5.74) is -0.716. The van der Waals surface area contributed by atoms with Gasteiger partial charge >= 0.3 is 5.97 Å². The molecule has 132 valence electrons. The fraction of sp³-hybridized carbons (Fsp3) is 0.294. The number of hydrogen-bond donors (Lipinski definition) is 2. The standard InChI is InChI=1S/C17H19N3O5/c1-17(16(22)23,11-7-5-4-6-8-11)9-18-13(21)12-14(24-2)19-10-20-15(12)25-3/h4-8,10H,9H2,1-3H3,(H,18,21)(H,22,23). The van der Waals surface area contributed by atoms with E-state index < -0.39 is 17.3 Å². The van der Waals surface area contributed by atoms with Crippen molar-refractivity contribution in [1.82, 2.24) is 15.3 Å². The zero-order valence-corrected chi connectivity index (χ0v) is 14.1. The van der Waals surface area contributed by atoms with Gasteiger partial charge in [-0.2, -0.15) is 0 Å². The van der Waals surface area contributed by atoms with Crippen LogP contribution in [0.1, 0.15) is 22.8 Å². The molecule has 1 unspecified atom stereocenters. The average Bonchev–Trinajstić information content (AvgIpc) is 2.65. The molecule has 1 atom stereocenters. The van der Waals surface area contributed by atoms with Crippen LogP contribution in [0.25, 0.3) is 0 Å². The fourth-order valence-electron chi connectivity index (χ4n) is 2.31. The Morgan fingerprint density at radius 1 is 1.12 bits per heavy atom. The minimum Gasteiger partial charge on any atom is -0.481 e. The molecule has 2 N–H and O–H groups in total. The van der Waals surface area contributed by atoms with E-state index in [1.54, 1.807) is 37.3 Å². The zero-order chi connectivity index (χ0) is 18.4. The quantitative estimate of drug-likeness (QED) is 0.777. The van der Waals surface area contributed by atoms with Crippen molar-refractivity contribution in [2.75, 3.05) is 20.8 Å². The maximum absolute atomic E-state index is 12.6. The monoisotopic (exact) mass is 345 g/mol. The van der Waals surface area contributed by atoms with Gasteiger partial charge in [0.2, 0.25) is 11.8 Å². The Bertz CT molecular complexity index is 744. The molecule has 8 heteroatoms. The largest absolute Gasteiger partial charge is 0.481 e. The highest BCUT2D eigenvalue weighted by Gasteiger charge is 2.36. The Balaban J connectivity index is 2.28. The van der Waals surface area contributed by atoms with Crippen LogP contribution < -0.4 is 14.8 Å². The smallest absolute Gasteiger partial charge is 0.315 e. The van der Waals surface area contributed by atoms with Crippen LogP contribution in [0, 0.1) is 0 Å². The average molecular weight is 345 g/mol. The van der Waals surface area contributed by atoms with E-state index in [1.165, 1.54) is 20.5 Å². The van der Waals surface area contributed by atoms with E-state index in [9.17, 15) is 14.7 Å². The molecule has 1 amide bonds. The van der Waals surface area contributed by atoms with Crippen LogP contribution in [0.5, 0.6) is 11.8 Å². The van der Waals surface area contributed by atoms with Crippen molar-refractivity contribution in [2.45, 2.75) is 12.3 Å². The Morgan fingerprint density at radius 3 is 2.16 bits per heavy atom. The molecule has 2 aromatic rings. The van der Waals surface area contributed by atoms with Gasteiger partial charge in [0.15, 0.2) is 5.56 Å². The molecule has 0 saturated heterocycles. The number of aliphatic carboxylic acids is 1. The van der Waals surface area contributed by atoms with Crippen LogP contribution >= 0.6 is 0 Å². The van der Waals surface area contributed by atoms with Crippen molar-refractivity contribution >= 4 is 11.9 Å². The number of rotatable bonds is 7. The molecule has 0 aliphatic heterocycles. The van der Waals surface area contributed by atoms with Crippen LogP contribution in [0.4, 0.5) is 0 Å². The first-order chi connectivity index (χ1) is 11.9. The molecule has 1 heterocycles. The van der Waals surface area contributed by atoms with Crippen molar-refractivity contribution in [1.29, 1.82) is 0 Å². The van der Waals surface area contributed by atoms with Crippen LogP contribution in [0.15, 0.2) is 36.7 Å². The summed E-state index contributed by atoms with van der Waals surface area (Å²) in [5.74, 6) is -1.55. The number of carbonyl (C=O) groups excluding carboxylic acids is 1. The Labute approximate surface area is 144 Å². The van der Waals surface area contributed by atoms with Gasteiger partial charge in [0.25, 0.3) is 5.91 Å². The fourth-order valence-corrected chi connectivity index (χ4v) is 2.31. The number of aromatic nitrogens is 2. The predicted octanol–water partition coefficient (Wildman–Crippen LogP) is 1.27. The molecule has 0 fully saturated rings. The van der Waals surface area contributed by atoms with Gasteiger partial charge in [-0.25, -0.2) is 9.97 Å². The predicted molar refractivity (Wildman–Crippen MR) is 88.9 cm³/mol. The molecule has 2 rings (SSSR count). The molecule has 1 aromatic heterocycles. The molecule has 25 heavy (non-hydrogen) atoms. The van der Waals surface area contributed by atoms with E-state index in [4.69, 9.17) is 9.47 Å². The molecule has 8 nitrogen and oxygen atoms in total. The number of carboxylic acid groups (broad SMARTS) is 1. The summed E-state index contributed by atoms with van der Waals surface area (Å²) in [4.78, 5) is 32.1. The number of carboxylic acids is 1. The minimum absolute atomic E-state index is 0.00769. The number of amides is 1. The lowest BCUT2D eigenvalue weighted by atomic mass is 9.82. The maximum atomic E-state index is 12.6. The Morgan fingerprint density at radius 2 is 1.68 bits per heavy atom. The number of ether oxygens (including phenoxy) is 2. The van der Waals surface area contributed by atoms with Crippen LogP contribution in [0.2, 0.25) is 0 Å². The van der Waals surface area contributed by atoms with Crippen LogP contribution in [-0.4, -0.2) is 47.7 Å². The molecular weight excluding hydrogens is 326 g/mol.